The van der Waals surface area contributed by atoms with Crippen molar-refractivity contribution in [3.8, 4) is 0 Å². The summed E-state index contributed by atoms with van der Waals surface area (Å²) in [4.78, 5) is 4.51. The Hall–Kier alpha value is -1.35. The molecule has 2 rings (SSSR count). The Kier molecular flexibility index (Phi) is 6.24. The predicted octanol–water partition coefficient (Wildman–Crippen LogP) is 4.23. The first-order chi connectivity index (χ1) is 10.3. The highest BCUT2D eigenvalue weighted by atomic mass is 15.1. The van der Waals surface area contributed by atoms with Gasteiger partial charge in [-0.15, -0.1) is 0 Å². The zero-order valence-electron chi connectivity index (χ0n) is 13.7. The minimum Gasteiger partial charge on any atom is -0.329 e. The maximum atomic E-state index is 4.51. The number of benzene rings is 1. The highest BCUT2D eigenvalue weighted by Crippen LogP contribution is 2.18. The third kappa shape index (κ3) is 4.31. The SMILES string of the molecule is CCCNC(CC(CC)CC)Cn1cnc2ccccc21. The van der Waals surface area contributed by atoms with Gasteiger partial charge in [0.05, 0.1) is 17.4 Å². The predicted molar refractivity (Wildman–Crippen MR) is 90.5 cm³/mol. The van der Waals surface area contributed by atoms with E-state index in [1.165, 1.54) is 31.2 Å². The fourth-order valence-corrected chi connectivity index (χ4v) is 2.99. The van der Waals surface area contributed by atoms with Gasteiger partial charge in [0.1, 0.15) is 0 Å². The molecule has 1 unspecified atom stereocenters. The number of hydrogen-bond acceptors (Lipinski definition) is 2. The minimum absolute atomic E-state index is 0.535. The summed E-state index contributed by atoms with van der Waals surface area (Å²) in [5.41, 5.74) is 2.33. The van der Waals surface area contributed by atoms with Crippen molar-refractivity contribution in [3.05, 3.63) is 30.6 Å². The van der Waals surface area contributed by atoms with E-state index < -0.39 is 0 Å². The summed E-state index contributed by atoms with van der Waals surface area (Å²) in [6.45, 7) is 8.94. The molecule has 0 amide bonds. The number of imidazole rings is 1. The van der Waals surface area contributed by atoms with Crippen molar-refractivity contribution < 1.29 is 0 Å². The van der Waals surface area contributed by atoms with Crippen molar-refractivity contribution in [3.63, 3.8) is 0 Å². The molecule has 3 heteroatoms. The summed E-state index contributed by atoms with van der Waals surface area (Å²) in [5.74, 6) is 0.814. The largest absolute Gasteiger partial charge is 0.329 e. The van der Waals surface area contributed by atoms with Crippen LogP contribution < -0.4 is 5.32 Å². The Bertz CT molecular complexity index is 528. The summed E-state index contributed by atoms with van der Waals surface area (Å²) in [7, 11) is 0. The lowest BCUT2D eigenvalue weighted by atomic mass is 9.94. The van der Waals surface area contributed by atoms with E-state index >= 15 is 0 Å². The maximum Gasteiger partial charge on any atom is 0.0958 e. The Morgan fingerprint density at radius 2 is 1.90 bits per heavy atom. The second-order valence-electron chi connectivity index (χ2n) is 5.95. The number of fused-ring (bicyclic) bond motifs is 1. The monoisotopic (exact) mass is 287 g/mol. The highest BCUT2D eigenvalue weighted by Gasteiger charge is 2.15. The van der Waals surface area contributed by atoms with Crippen LogP contribution in [0.15, 0.2) is 30.6 Å². The van der Waals surface area contributed by atoms with E-state index in [0.717, 1.165) is 24.5 Å². The van der Waals surface area contributed by atoms with Gasteiger partial charge in [0, 0.05) is 12.6 Å². The molecule has 0 aliphatic rings. The summed E-state index contributed by atoms with van der Waals surface area (Å²) < 4.78 is 2.30. The van der Waals surface area contributed by atoms with Crippen LogP contribution in [0.2, 0.25) is 0 Å². The van der Waals surface area contributed by atoms with Gasteiger partial charge >= 0.3 is 0 Å². The average Bonchev–Trinajstić information content (AvgIpc) is 2.93. The first kappa shape index (κ1) is 16.0. The molecule has 1 N–H and O–H groups in total. The smallest absolute Gasteiger partial charge is 0.0958 e. The van der Waals surface area contributed by atoms with E-state index in [1.54, 1.807) is 0 Å². The molecule has 0 aliphatic carbocycles. The Labute approximate surface area is 128 Å². The second-order valence-corrected chi connectivity index (χ2v) is 5.95. The summed E-state index contributed by atoms with van der Waals surface area (Å²) in [6.07, 6.45) is 6.96. The van der Waals surface area contributed by atoms with E-state index in [4.69, 9.17) is 0 Å². The normalized spacial score (nSPS) is 13.1. The fourth-order valence-electron chi connectivity index (χ4n) is 2.99. The van der Waals surface area contributed by atoms with E-state index in [0.29, 0.717) is 6.04 Å². The lowest BCUT2D eigenvalue weighted by molar-refractivity contribution is 0.339. The second kappa shape index (κ2) is 8.18. The third-order valence-electron chi connectivity index (χ3n) is 4.40. The highest BCUT2D eigenvalue weighted by molar-refractivity contribution is 5.74. The number of rotatable bonds is 9. The number of para-hydroxylation sites is 2. The van der Waals surface area contributed by atoms with Gasteiger partial charge in [-0.25, -0.2) is 4.98 Å². The van der Waals surface area contributed by atoms with Crippen LogP contribution in [0.5, 0.6) is 0 Å². The summed E-state index contributed by atoms with van der Waals surface area (Å²) in [5, 5.41) is 3.72. The molecule has 1 aromatic carbocycles. The van der Waals surface area contributed by atoms with Gasteiger partial charge in [0.15, 0.2) is 0 Å². The number of hydrogen-bond donors (Lipinski definition) is 1. The van der Waals surface area contributed by atoms with E-state index in [-0.39, 0.29) is 0 Å². The maximum absolute atomic E-state index is 4.51. The van der Waals surface area contributed by atoms with Crippen LogP contribution in [0.1, 0.15) is 46.5 Å². The first-order valence-electron chi connectivity index (χ1n) is 8.41. The van der Waals surface area contributed by atoms with Gasteiger partial charge in [0.25, 0.3) is 0 Å². The van der Waals surface area contributed by atoms with Crippen molar-refractivity contribution in [2.75, 3.05) is 6.54 Å². The lowest BCUT2D eigenvalue weighted by Gasteiger charge is -2.24. The van der Waals surface area contributed by atoms with Gasteiger partial charge in [-0.05, 0) is 37.4 Å². The van der Waals surface area contributed by atoms with Gasteiger partial charge in [-0.3, -0.25) is 0 Å². The lowest BCUT2D eigenvalue weighted by Crippen LogP contribution is -2.35. The van der Waals surface area contributed by atoms with Crippen LogP contribution >= 0.6 is 0 Å². The molecule has 0 saturated carbocycles. The van der Waals surface area contributed by atoms with E-state index in [9.17, 15) is 0 Å². The molecule has 21 heavy (non-hydrogen) atoms. The fraction of sp³-hybridized carbons (Fsp3) is 0.611. The van der Waals surface area contributed by atoms with Crippen LogP contribution in [0.4, 0.5) is 0 Å². The molecule has 0 aliphatic heterocycles. The summed E-state index contributed by atoms with van der Waals surface area (Å²) >= 11 is 0. The third-order valence-corrected chi connectivity index (χ3v) is 4.40. The molecule has 0 bridgehead atoms. The molecule has 1 aromatic heterocycles. The van der Waals surface area contributed by atoms with Crippen LogP contribution in [0.25, 0.3) is 11.0 Å². The molecule has 2 aromatic rings. The van der Waals surface area contributed by atoms with E-state index in [1.807, 2.05) is 6.33 Å². The van der Waals surface area contributed by atoms with Crippen molar-refractivity contribution in [2.45, 2.75) is 59.0 Å². The van der Waals surface area contributed by atoms with E-state index in [2.05, 4.69) is 59.9 Å². The molecule has 116 valence electrons. The first-order valence-corrected chi connectivity index (χ1v) is 8.41. The molecule has 0 saturated heterocycles. The molecule has 3 nitrogen and oxygen atoms in total. The molecule has 1 heterocycles. The van der Waals surface area contributed by atoms with Gasteiger partial charge < -0.3 is 9.88 Å². The summed E-state index contributed by atoms with van der Waals surface area (Å²) in [6, 6.07) is 8.93. The topological polar surface area (TPSA) is 29.9 Å². The molecular weight excluding hydrogens is 258 g/mol. The van der Waals surface area contributed by atoms with Crippen molar-refractivity contribution in [1.82, 2.24) is 14.9 Å². The van der Waals surface area contributed by atoms with Gasteiger partial charge in [0.2, 0.25) is 0 Å². The molecule has 1 atom stereocenters. The molecule has 0 spiro atoms. The standard InChI is InChI=1S/C18H29N3/c1-4-11-19-16(12-15(5-2)6-3)13-21-14-20-17-9-7-8-10-18(17)21/h7-10,14-16,19H,4-6,11-13H2,1-3H3. The minimum atomic E-state index is 0.535. The number of nitrogens with zero attached hydrogens (tertiary/aromatic N) is 2. The van der Waals surface area contributed by atoms with Gasteiger partial charge in [-0.1, -0.05) is 45.7 Å². The molecule has 0 fully saturated rings. The number of nitrogens with one attached hydrogen (secondary N) is 1. The van der Waals surface area contributed by atoms with Crippen molar-refractivity contribution >= 4 is 11.0 Å². The Balaban J connectivity index is 2.09. The Morgan fingerprint density at radius 3 is 2.62 bits per heavy atom. The van der Waals surface area contributed by atoms with Crippen LogP contribution in [-0.2, 0) is 6.54 Å². The van der Waals surface area contributed by atoms with Crippen LogP contribution in [0, 0.1) is 5.92 Å². The molecular formula is C18H29N3. The zero-order chi connectivity index (χ0) is 15.1. The van der Waals surface area contributed by atoms with Crippen molar-refractivity contribution in [1.29, 1.82) is 0 Å². The van der Waals surface area contributed by atoms with Crippen molar-refractivity contribution in [2.24, 2.45) is 5.92 Å². The quantitative estimate of drug-likeness (QED) is 0.748. The average molecular weight is 287 g/mol. The molecule has 0 radical (unpaired) electrons. The van der Waals surface area contributed by atoms with Gasteiger partial charge in [-0.2, -0.15) is 0 Å². The zero-order valence-corrected chi connectivity index (χ0v) is 13.7. The Morgan fingerprint density at radius 1 is 1.14 bits per heavy atom. The van der Waals surface area contributed by atoms with Crippen LogP contribution in [0.3, 0.4) is 0 Å². The van der Waals surface area contributed by atoms with Crippen LogP contribution in [-0.4, -0.2) is 22.1 Å². The number of aromatic nitrogens is 2.